The summed E-state index contributed by atoms with van der Waals surface area (Å²) in [5, 5.41) is 0. The second kappa shape index (κ2) is 5.40. The molecule has 0 aliphatic heterocycles. The van der Waals surface area contributed by atoms with Crippen LogP contribution in [0.2, 0.25) is 0 Å². The maximum Gasteiger partial charge on any atom is 0.203 e. The summed E-state index contributed by atoms with van der Waals surface area (Å²) in [6, 6.07) is 0. The quantitative estimate of drug-likeness (QED) is 0.478. The molecule has 1 aromatic heterocycles. The molecule has 23 heavy (non-hydrogen) atoms. The molecule has 1 fully saturated rings. The minimum absolute atomic E-state index is 0.0576. The third kappa shape index (κ3) is 2.20. The van der Waals surface area contributed by atoms with Gasteiger partial charge >= 0.3 is 0 Å². The van der Waals surface area contributed by atoms with E-state index >= 15 is 0 Å². The molecule has 2 atom stereocenters. The summed E-state index contributed by atoms with van der Waals surface area (Å²) >= 11 is 0. The fourth-order valence-corrected chi connectivity index (χ4v) is 4.37. The number of fused-ring (bicyclic) bond motifs is 2. The molecule has 2 unspecified atom stereocenters. The first kappa shape index (κ1) is 16.1. The van der Waals surface area contributed by atoms with E-state index in [9.17, 15) is 9.59 Å². The lowest BCUT2D eigenvalue weighted by Crippen LogP contribution is -2.40. The Labute approximate surface area is 138 Å². The number of Topliss-reactive ketones (excluding diaryl/α,β-unsaturated/α-hetero) is 2. The summed E-state index contributed by atoms with van der Waals surface area (Å²) in [6.07, 6.45) is 2.94. The van der Waals surface area contributed by atoms with E-state index in [2.05, 4.69) is 18.4 Å². The van der Waals surface area contributed by atoms with Crippen molar-refractivity contribution in [2.45, 2.75) is 53.9 Å². The topological polar surface area (TPSA) is 38.0 Å². The number of ketones is 2. The van der Waals surface area contributed by atoms with Gasteiger partial charge in [-0.3, -0.25) is 9.59 Å². The number of carbonyl (C=O) groups excluding carboxylic acids is 2. The van der Waals surface area contributed by atoms with Crippen molar-refractivity contribution >= 4 is 11.6 Å². The predicted octanol–water partition coefficient (Wildman–Crippen LogP) is 3.24. The molecule has 2 aliphatic rings. The zero-order chi connectivity index (χ0) is 17.0. The van der Waals surface area contributed by atoms with Gasteiger partial charge in [-0.1, -0.05) is 5.57 Å². The molecule has 0 saturated heterocycles. The van der Waals surface area contributed by atoms with Crippen molar-refractivity contribution in [3.8, 4) is 0 Å². The molecule has 1 heterocycles. The Morgan fingerprint density at radius 1 is 0.957 bits per heavy atom. The van der Waals surface area contributed by atoms with Crippen LogP contribution in [-0.2, 0) is 11.8 Å². The highest BCUT2D eigenvalue weighted by molar-refractivity contribution is 6.28. The van der Waals surface area contributed by atoms with Gasteiger partial charge in [-0.25, -0.2) is 4.57 Å². The zero-order valence-electron chi connectivity index (χ0n) is 15.0. The average molecular weight is 312 g/mol. The molecule has 0 spiro atoms. The second-order valence-electron chi connectivity index (χ2n) is 7.31. The molecule has 0 amide bonds. The number of pyridine rings is 1. The molecule has 3 rings (SSSR count). The summed E-state index contributed by atoms with van der Waals surface area (Å²) < 4.78 is 2.06. The third-order valence-electron chi connectivity index (χ3n) is 6.36. The van der Waals surface area contributed by atoms with E-state index in [1.165, 1.54) is 0 Å². The first-order valence-corrected chi connectivity index (χ1v) is 8.51. The minimum Gasteiger partial charge on any atom is -0.294 e. The Hall–Kier alpha value is -1.77. The zero-order valence-corrected chi connectivity index (χ0v) is 15.0. The van der Waals surface area contributed by atoms with Gasteiger partial charge in [0.05, 0.1) is 11.1 Å². The normalized spacial score (nSPS) is 23.7. The number of allylic oxidation sites excluding steroid dienone is 2. The van der Waals surface area contributed by atoms with Crippen molar-refractivity contribution in [3.05, 3.63) is 39.2 Å². The predicted molar refractivity (Wildman–Crippen MR) is 89.4 cm³/mol. The van der Waals surface area contributed by atoms with E-state index in [0.29, 0.717) is 11.5 Å². The van der Waals surface area contributed by atoms with E-state index in [1.807, 2.05) is 27.8 Å². The van der Waals surface area contributed by atoms with Crippen LogP contribution in [0.15, 0.2) is 11.1 Å². The highest BCUT2D eigenvalue weighted by Gasteiger charge is 2.42. The van der Waals surface area contributed by atoms with E-state index in [1.54, 1.807) is 0 Å². The van der Waals surface area contributed by atoms with Gasteiger partial charge in [0.15, 0.2) is 17.2 Å². The Kier molecular flexibility index (Phi) is 3.78. The summed E-state index contributed by atoms with van der Waals surface area (Å²) in [5.74, 6) is 0.528. The smallest absolute Gasteiger partial charge is 0.203 e. The van der Waals surface area contributed by atoms with Gasteiger partial charge in [-0.2, -0.15) is 0 Å². The van der Waals surface area contributed by atoms with E-state index < -0.39 is 0 Å². The summed E-state index contributed by atoms with van der Waals surface area (Å²) in [5.41, 5.74) is 6.48. The van der Waals surface area contributed by atoms with Gasteiger partial charge in [0.25, 0.3) is 0 Å². The van der Waals surface area contributed by atoms with Gasteiger partial charge in [0.2, 0.25) is 5.78 Å². The van der Waals surface area contributed by atoms with Crippen LogP contribution in [0.25, 0.3) is 0 Å². The van der Waals surface area contributed by atoms with Gasteiger partial charge in [0, 0.05) is 25.3 Å². The Balaban J connectivity index is 2.19. The average Bonchev–Trinajstić information content (AvgIpc) is 2.97. The molecular weight excluding hydrogens is 286 g/mol. The summed E-state index contributed by atoms with van der Waals surface area (Å²) in [7, 11) is 1.99. The lowest BCUT2D eigenvalue weighted by atomic mass is 9.79. The van der Waals surface area contributed by atoms with Crippen LogP contribution in [0.3, 0.4) is 0 Å². The SMILES string of the molecule is CC1=C(C(=O)c2c(C)c(C)c(C)[n+](C)c2C)C(=O)C2CCC1C2. The van der Waals surface area contributed by atoms with Gasteiger partial charge < -0.3 is 0 Å². The number of hydrogen-bond acceptors (Lipinski definition) is 2. The Morgan fingerprint density at radius 2 is 1.57 bits per heavy atom. The fraction of sp³-hybridized carbons (Fsp3) is 0.550. The molecule has 1 aromatic rings. The van der Waals surface area contributed by atoms with Crippen molar-refractivity contribution in [2.75, 3.05) is 0 Å². The van der Waals surface area contributed by atoms with Crippen LogP contribution in [0, 0.1) is 39.5 Å². The molecule has 2 aliphatic carbocycles. The van der Waals surface area contributed by atoms with Gasteiger partial charge in [-0.05, 0) is 51.5 Å². The summed E-state index contributed by atoms with van der Waals surface area (Å²) in [4.78, 5) is 26.1. The van der Waals surface area contributed by atoms with E-state index in [0.717, 1.165) is 52.9 Å². The van der Waals surface area contributed by atoms with Crippen molar-refractivity contribution in [2.24, 2.45) is 18.9 Å². The molecule has 3 heteroatoms. The lowest BCUT2D eigenvalue weighted by molar-refractivity contribution is -0.684. The molecule has 3 nitrogen and oxygen atoms in total. The van der Waals surface area contributed by atoms with Crippen LogP contribution in [-0.4, -0.2) is 11.6 Å². The first-order valence-electron chi connectivity index (χ1n) is 8.51. The monoisotopic (exact) mass is 312 g/mol. The number of nitrogens with zero attached hydrogens (tertiary/aromatic N) is 1. The van der Waals surface area contributed by atoms with Crippen molar-refractivity contribution in [1.29, 1.82) is 0 Å². The van der Waals surface area contributed by atoms with E-state index in [-0.39, 0.29) is 17.5 Å². The molecule has 0 radical (unpaired) electrons. The van der Waals surface area contributed by atoms with Gasteiger partial charge in [-0.15, -0.1) is 0 Å². The van der Waals surface area contributed by atoms with Crippen LogP contribution in [0.4, 0.5) is 0 Å². The molecule has 2 bridgehead atoms. The highest BCUT2D eigenvalue weighted by atomic mass is 16.1. The van der Waals surface area contributed by atoms with Crippen molar-refractivity contribution in [3.63, 3.8) is 0 Å². The third-order valence-corrected chi connectivity index (χ3v) is 6.36. The fourth-order valence-electron chi connectivity index (χ4n) is 4.37. The number of carbonyl (C=O) groups is 2. The number of rotatable bonds is 2. The van der Waals surface area contributed by atoms with Crippen LogP contribution in [0.5, 0.6) is 0 Å². The van der Waals surface area contributed by atoms with Crippen LogP contribution >= 0.6 is 0 Å². The number of aromatic nitrogens is 1. The minimum atomic E-state index is -0.0576. The van der Waals surface area contributed by atoms with Crippen LogP contribution < -0.4 is 4.57 Å². The molecule has 122 valence electrons. The first-order chi connectivity index (χ1) is 10.8. The summed E-state index contributed by atoms with van der Waals surface area (Å²) in [6.45, 7) is 10.1. The second-order valence-corrected chi connectivity index (χ2v) is 7.31. The maximum absolute atomic E-state index is 13.3. The van der Waals surface area contributed by atoms with Crippen LogP contribution in [0.1, 0.15) is 59.1 Å². The highest BCUT2D eigenvalue weighted by Crippen LogP contribution is 2.44. The maximum atomic E-state index is 13.3. The Morgan fingerprint density at radius 3 is 2.22 bits per heavy atom. The molecule has 0 N–H and O–H groups in total. The molecular formula is C20H26NO2+. The largest absolute Gasteiger partial charge is 0.294 e. The molecule has 1 saturated carbocycles. The lowest BCUT2D eigenvalue weighted by Gasteiger charge is -2.23. The standard InChI is InChI=1S/C20H26NO2/c1-10-11(2)17(14(5)21(6)13(10)4)20(23)18-12(3)15-7-8-16(9-15)19(18)22/h15-16H,7-9H2,1-6H3/q+1. The van der Waals surface area contributed by atoms with E-state index in [4.69, 9.17) is 0 Å². The van der Waals surface area contributed by atoms with Crippen molar-refractivity contribution < 1.29 is 14.2 Å². The van der Waals surface area contributed by atoms with Crippen molar-refractivity contribution in [1.82, 2.24) is 0 Å². The number of hydrogen-bond donors (Lipinski definition) is 0. The molecule has 0 aromatic carbocycles. The Bertz CT molecular complexity index is 741. The van der Waals surface area contributed by atoms with Gasteiger partial charge in [0.1, 0.15) is 7.05 Å².